The number of carbonyl (C=O) groups is 1. The highest BCUT2D eigenvalue weighted by molar-refractivity contribution is 5.65. The standard InChI is InChI=1S/C12H17NO4/c1-10(15)17-13(9-16-2)12(8-14)11-6-4-3-5-7-11/h3-7,12,14H,8-9H2,1-2H3/t12-/m1/s1. The normalized spacial score (nSPS) is 12.5. The molecule has 0 amide bonds. The second-order valence-corrected chi connectivity index (χ2v) is 3.53. The second kappa shape index (κ2) is 7.01. The molecule has 0 aromatic heterocycles. The van der Waals surface area contributed by atoms with Gasteiger partial charge in [0.2, 0.25) is 0 Å². The molecule has 1 aromatic carbocycles. The number of rotatable bonds is 6. The first-order valence-electron chi connectivity index (χ1n) is 5.29. The summed E-state index contributed by atoms with van der Waals surface area (Å²) in [6.45, 7) is 1.24. The molecule has 0 fully saturated rings. The lowest BCUT2D eigenvalue weighted by Crippen LogP contribution is -2.34. The van der Waals surface area contributed by atoms with Crippen LogP contribution in [0.25, 0.3) is 0 Å². The van der Waals surface area contributed by atoms with Crippen molar-refractivity contribution in [3.05, 3.63) is 35.9 Å². The van der Waals surface area contributed by atoms with E-state index >= 15 is 0 Å². The van der Waals surface area contributed by atoms with Gasteiger partial charge in [-0.25, -0.2) is 0 Å². The van der Waals surface area contributed by atoms with Gasteiger partial charge in [-0.3, -0.25) is 4.79 Å². The topological polar surface area (TPSA) is 59.0 Å². The number of nitrogens with zero attached hydrogens (tertiary/aromatic N) is 1. The van der Waals surface area contributed by atoms with Crippen molar-refractivity contribution in [1.29, 1.82) is 0 Å². The van der Waals surface area contributed by atoms with Crippen LogP contribution < -0.4 is 0 Å². The van der Waals surface area contributed by atoms with Gasteiger partial charge < -0.3 is 14.7 Å². The molecule has 1 aromatic rings. The zero-order chi connectivity index (χ0) is 12.7. The van der Waals surface area contributed by atoms with Gasteiger partial charge in [-0.05, 0) is 5.56 Å². The lowest BCUT2D eigenvalue weighted by Gasteiger charge is -2.27. The van der Waals surface area contributed by atoms with Crippen LogP contribution in [0.2, 0.25) is 0 Å². The molecule has 1 N–H and O–H groups in total. The number of methoxy groups -OCH3 is 1. The van der Waals surface area contributed by atoms with E-state index < -0.39 is 12.0 Å². The fraction of sp³-hybridized carbons (Fsp3) is 0.417. The monoisotopic (exact) mass is 239 g/mol. The minimum atomic E-state index is -0.448. The molecule has 0 unspecified atom stereocenters. The summed E-state index contributed by atoms with van der Waals surface area (Å²) in [6, 6.07) is 8.87. The molecule has 1 rings (SSSR count). The summed E-state index contributed by atoms with van der Waals surface area (Å²) in [6.07, 6.45) is 0. The number of ether oxygens (including phenoxy) is 1. The molecule has 0 heterocycles. The van der Waals surface area contributed by atoms with Gasteiger partial charge in [0.15, 0.2) is 0 Å². The van der Waals surface area contributed by atoms with E-state index in [1.54, 1.807) is 0 Å². The molecule has 0 spiro atoms. The largest absolute Gasteiger partial charge is 0.394 e. The van der Waals surface area contributed by atoms with Crippen LogP contribution in [0.4, 0.5) is 0 Å². The number of hydrogen-bond donors (Lipinski definition) is 1. The third-order valence-corrected chi connectivity index (χ3v) is 2.21. The Labute approximate surface area is 101 Å². The predicted molar refractivity (Wildman–Crippen MR) is 61.7 cm³/mol. The number of aliphatic hydroxyl groups is 1. The highest BCUT2D eigenvalue weighted by Crippen LogP contribution is 2.20. The Balaban J connectivity index is 2.84. The highest BCUT2D eigenvalue weighted by Gasteiger charge is 2.22. The van der Waals surface area contributed by atoms with Crippen LogP contribution in [0.15, 0.2) is 30.3 Å². The first-order chi connectivity index (χ1) is 8.19. The van der Waals surface area contributed by atoms with Crippen molar-refractivity contribution in [3.63, 3.8) is 0 Å². The van der Waals surface area contributed by atoms with Gasteiger partial charge in [0.1, 0.15) is 6.73 Å². The van der Waals surface area contributed by atoms with E-state index in [-0.39, 0.29) is 13.3 Å². The van der Waals surface area contributed by atoms with E-state index in [1.807, 2.05) is 30.3 Å². The molecule has 5 heteroatoms. The number of benzene rings is 1. The van der Waals surface area contributed by atoms with Crippen molar-refractivity contribution in [2.45, 2.75) is 13.0 Å². The Morgan fingerprint density at radius 2 is 2.06 bits per heavy atom. The van der Waals surface area contributed by atoms with E-state index in [2.05, 4.69) is 0 Å². The van der Waals surface area contributed by atoms with Crippen molar-refractivity contribution < 1.29 is 19.5 Å². The molecule has 0 radical (unpaired) electrons. The molecule has 17 heavy (non-hydrogen) atoms. The first kappa shape index (κ1) is 13.6. The zero-order valence-corrected chi connectivity index (χ0v) is 10.00. The van der Waals surface area contributed by atoms with Crippen LogP contribution in [-0.4, -0.2) is 36.6 Å². The van der Waals surface area contributed by atoms with Crippen molar-refractivity contribution in [3.8, 4) is 0 Å². The smallest absolute Gasteiger partial charge is 0.322 e. The van der Waals surface area contributed by atoms with E-state index in [0.717, 1.165) is 5.56 Å². The van der Waals surface area contributed by atoms with Gasteiger partial charge in [-0.1, -0.05) is 30.3 Å². The summed E-state index contributed by atoms with van der Waals surface area (Å²) in [4.78, 5) is 16.0. The van der Waals surface area contributed by atoms with Crippen LogP contribution in [0, 0.1) is 0 Å². The summed E-state index contributed by atoms with van der Waals surface area (Å²) in [5.74, 6) is -0.448. The maximum Gasteiger partial charge on any atom is 0.322 e. The predicted octanol–water partition coefficient (Wildman–Crippen LogP) is 1.10. The Hall–Kier alpha value is -1.43. The van der Waals surface area contributed by atoms with E-state index in [1.165, 1.54) is 19.1 Å². The molecular weight excluding hydrogens is 222 g/mol. The Kier molecular flexibility index (Phi) is 5.62. The van der Waals surface area contributed by atoms with Crippen LogP contribution in [0.3, 0.4) is 0 Å². The third-order valence-electron chi connectivity index (χ3n) is 2.21. The molecule has 1 atom stereocenters. The van der Waals surface area contributed by atoms with Gasteiger partial charge in [0.05, 0.1) is 12.6 Å². The molecule has 94 valence electrons. The molecule has 0 aliphatic heterocycles. The van der Waals surface area contributed by atoms with Crippen molar-refractivity contribution in [2.75, 3.05) is 20.4 Å². The minimum absolute atomic E-state index is 0.0969. The highest BCUT2D eigenvalue weighted by atomic mass is 16.7. The van der Waals surface area contributed by atoms with E-state index in [4.69, 9.17) is 9.57 Å². The molecule has 0 bridgehead atoms. The lowest BCUT2D eigenvalue weighted by molar-refractivity contribution is -0.228. The third kappa shape index (κ3) is 4.14. The number of carbonyl (C=O) groups excluding carboxylic acids is 1. The van der Waals surface area contributed by atoms with E-state index in [0.29, 0.717) is 0 Å². The van der Waals surface area contributed by atoms with Crippen molar-refractivity contribution in [1.82, 2.24) is 5.06 Å². The summed E-state index contributed by atoms with van der Waals surface area (Å²) in [7, 11) is 1.50. The van der Waals surface area contributed by atoms with Gasteiger partial charge in [0.25, 0.3) is 0 Å². The van der Waals surface area contributed by atoms with Gasteiger partial charge in [-0.2, -0.15) is 0 Å². The quantitative estimate of drug-likeness (QED) is 0.595. The maximum atomic E-state index is 11.0. The van der Waals surface area contributed by atoms with E-state index in [9.17, 15) is 9.90 Å². The number of hydroxylamine groups is 2. The Morgan fingerprint density at radius 1 is 1.41 bits per heavy atom. The summed E-state index contributed by atoms with van der Waals surface area (Å²) >= 11 is 0. The van der Waals surface area contributed by atoms with Gasteiger partial charge in [0, 0.05) is 14.0 Å². The van der Waals surface area contributed by atoms with Crippen LogP contribution >= 0.6 is 0 Å². The molecule has 5 nitrogen and oxygen atoms in total. The molecular formula is C12H17NO4. The zero-order valence-electron chi connectivity index (χ0n) is 10.00. The summed E-state index contributed by atoms with van der Waals surface area (Å²) in [5.41, 5.74) is 0.855. The number of aliphatic hydroxyl groups excluding tert-OH is 1. The molecule has 0 saturated heterocycles. The number of hydrogen-bond acceptors (Lipinski definition) is 5. The Bertz CT molecular complexity index is 342. The van der Waals surface area contributed by atoms with Gasteiger partial charge >= 0.3 is 5.97 Å². The first-order valence-corrected chi connectivity index (χ1v) is 5.29. The average Bonchev–Trinajstić information content (AvgIpc) is 2.31. The minimum Gasteiger partial charge on any atom is -0.394 e. The SMILES string of the molecule is COCN(OC(C)=O)[C@H](CO)c1ccccc1. The molecule has 0 aliphatic rings. The van der Waals surface area contributed by atoms with Gasteiger partial charge in [-0.15, -0.1) is 5.06 Å². The Morgan fingerprint density at radius 3 is 2.53 bits per heavy atom. The van der Waals surface area contributed by atoms with Crippen LogP contribution in [-0.2, 0) is 14.4 Å². The fourth-order valence-electron chi connectivity index (χ4n) is 1.51. The maximum absolute atomic E-state index is 11.0. The second-order valence-electron chi connectivity index (χ2n) is 3.53. The average molecular weight is 239 g/mol. The van der Waals surface area contributed by atoms with Crippen molar-refractivity contribution >= 4 is 5.97 Å². The summed E-state index contributed by atoms with van der Waals surface area (Å²) in [5, 5.41) is 10.7. The molecule has 0 saturated carbocycles. The van der Waals surface area contributed by atoms with Crippen molar-refractivity contribution in [2.24, 2.45) is 0 Å². The fourth-order valence-corrected chi connectivity index (χ4v) is 1.51. The van der Waals surface area contributed by atoms with Crippen LogP contribution in [0.1, 0.15) is 18.5 Å². The molecule has 0 aliphatic carbocycles. The van der Waals surface area contributed by atoms with Crippen LogP contribution in [0.5, 0.6) is 0 Å². The summed E-state index contributed by atoms with van der Waals surface area (Å²) < 4.78 is 4.95. The lowest BCUT2D eigenvalue weighted by atomic mass is 10.1.